The number of carbonyl (C=O) groups is 1. The van der Waals surface area contributed by atoms with E-state index in [0.29, 0.717) is 10.8 Å². The maximum absolute atomic E-state index is 12.7. The molecule has 0 aliphatic carbocycles. The van der Waals surface area contributed by atoms with Gasteiger partial charge < -0.3 is 10.1 Å². The van der Waals surface area contributed by atoms with Crippen LogP contribution in [0.2, 0.25) is 5.02 Å². The number of aromatic nitrogens is 2. The smallest absolute Gasteiger partial charge is 0.238 e. The van der Waals surface area contributed by atoms with Crippen molar-refractivity contribution in [1.82, 2.24) is 9.97 Å². The molecular formula is C24H20ClN3O2S. The highest BCUT2D eigenvalue weighted by Crippen LogP contribution is 2.34. The van der Waals surface area contributed by atoms with E-state index in [4.69, 9.17) is 21.3 Å². The number of thioether (sulfide) groups is 1. The summed E-state index contributed by atoms with van der Waals surface area (Å²) in [5, 5.41) is 4.74. The van der Waals surface area contributed by atoms with Gasteiger partial charge in [-0.3, -0.25) is 4.79 Å². The third-order valence-corrected chi connectivity index (χ3v) is 5.97. The van der Waals surface area contributed by atoms with E-state index in [2.05, 4.69) is 22.4 Å². The van der Waals surface area contributed by atoms with Gasteiger partial charge in [0, 0.05) is 17.6 Å². The van der Waals surface area contributed by atoms with Crippen LogP contribution in [0, 0.1) is 0 Å². The summed E-state index contributed by atoms with van der Waals surface area (Å²) in [6, 6.07) is 21.4. The summed E-state index contributed by atoms with van der Waals surface area (Å²) in [7, 11) is 1.63. The van der Waals surface area contributed by atoms with Crippen molar-refractivity contribution in [3.8, 4) is 16.9 Å². The van der Waals surface area contributed by atoms with Crippen LogP contribution in [0.5, 0.6) is 5.75 Å². The summed E-state index contributed by atoms with van der Waals surface area (Å²) in [5.74, 6) is 1.04. The highest BCUT2D eigenvalue weighted by atomic mass is 35.5. The topological polar surface area (TPSA) is 64.1 Å². The van der Waals surface area contributed by atoms with Gasteiger partial charge in [0.05, 0.1) is 27.9 Å². The van der Waals surface area contributed by atoms with Crippen LogP contribution in [-0.2, 0) is 4.79 Å². The lowest BCUT2D eigenvalue weighted by Crippen LogP contribution is -2.23. The van der Waals surface area contributed by atoms with Crippen LogP contribution in [0.1, 0.15) is 6.92 Å². The number of halogens is 1. The van der Waals surface area contributed by atoms with Gasteiger partial charge in [-0.05, 0) is 48.4 Å². The average Bonchev–Trinajstić information content (AvgIpc) is 2.80. The molecule has 2 aromatic carbocycles. The predicted octanol–water partition coefficient (Wildman–Crippen LogP) is 6.08. The molecular weight excluding hydrogens is 430 g/mol. The summed E-state index contributed by atoms with van der Waals surface area (Å²) in [6.45, 7) is 1.84. The molecule has 0 bridgehead atoms. The predicted molar refractivity (Wildman–Crippen MR) is 127 cm³/mol. The molecule has 1 atom stereocenters. The zero-order chi connectivity index (χ0) is 21.8. The van der Waals surface area contributed by atoms with Gasteiger partial charge in [0.1, 0.15) is 11.6 Å². The number of fused-ring (bicyclic) bond motifs is 1. The van der Waals surface area contributed by atoms with E-state index >= 15 is 0 Å². The van der Waals surface area contributed by atoms with Crippen LogP contribution in [0.25, 0.3) is 22.0 Å². The number of nitrogens with one attached hydrogen (secondary N) is 1. The third-order valence-electron chi connectivity index (χ3n) is 4.72. The standard InChI is InChI=1S/C24H20ClN3O2S/c1-15(24(29)28-22-11-8-17(25)14-26-22)31-23-13-20(16-6-4-3-5-7-16)19-10-9-18(30-2)12-21(19)27-23/h3-15H,1-2H3,(H,26,28,29)/t15-/m0/s1. The number of anilines is 1. The number of carbonyl (C=O) groups excluding carboxylic acids is 1. The zero-order valence-electron chi connectivity index (χ0n) is 17.0. The van der Waals surface area contributed by atoms with Crippen molar-refractivity contribution in [2.45, 2.75) is 17.2 Å². The largest absolute Gasteiger partial charge is 0.497 e. The van der Waals surface area contributed by atoms with E-state index in [1.54, 1.807) is 19.2 Å². The first-order chi connectivity index (χ1) is 15.0. The Bertz CT molecular complexity index is 1220. The molecule has 1 N–H and O–H groups in total. The SMILES string of the molecule is COc1ccc2c(-c3ccccc3)cc(S[C@@H](C)C(=O)Nc3ccc(Cl)cn3)nc2c1. The Hall–Kier alpha value is -3.09. The number of pyridine rings is 2. The molecule has 156 valence electrons. The second-order valence-corrected chi connectivity index (χ2v) is 8.67. The van der Waals surface area contributed by atoms with E-state index in [1.807, 2.05) is 49.4 Å². The lowest BCUT2D eigenvalue weighted by atomic mass is 10.0. The molecule has 1 amide bonds. The Morgan fingerprint density at radius 2 is 1.90 bits per heavy atom. The molecule has 0 radical (unpaired) electrons. The number of rotatable bonds is 6. The summed E-state index contributed by atoms with van der Waals surface area (Å²) in [5.41, 5.74) is 2.96. The van der Waals surface area contributed by atoms with Crippen molar-refractivity contribution in [3.05, 3.63) is 77.9 Å². The Morgan fingerprint density at radius 1 is 1.10 bits per heavy atom. The van der Waals surface area contributed by atoms with Crippen molar-refractivity contribution in [3.63, 3.8) is 0 Å². The van der Waals surface area contributed by atoms with Crippen LogP contribution in [0.3, 0.4) is 0 Å². The number of methoxy groups -OCH3 is 1. The van der Waals surface area contributed by atoms with Crippen molar-refractivity contribution in [2.75, 3.05) is 12.4 Å². The fourth-order valence-corrected chi connectivity index (χ4v) is 4.12. The van der Waals surface area contributed by atoms with E-state index in [1.165, 1.54) is 18.0 Å². The molecule has 0 aliphatic rings. The third kappa shape index (κ3) is 4.98. The van der Waals surface area contributed by atoms with Gasteiger partial charge in [-0.2, -0.15) is 0 Å². The first-order valence-electron chi connectivity index (χ1n) is 9.67. The van der Waals surface area contributed by atoms with Crippen molar-refractivity contribution in [2.24, 2.45) is 0 Å². The highest BCUT2D eigenvalue weighted by Gasteiger charge is 2.18. The van der Waals surface area contributed by atoms with Crippen LogP contribution in [0.4, 0.5) is 5.82 Å². The first-order valence-corrected chi connectivity index (χ1v) is 10.9. The van der Waals surface area contributed by atoms with Gasteiger partial charge in [0.25, 0.3) is 0 Å². The summed E-state index contributed by atoms with van der Waals surface area (Å²) in [4.78, 5) is 21.6. The molecule has 2 heterocycles. The van der Waals surface area contributed by atoms with Gasteiger partial charge in [0.15, 0.2) is 0 Å². The van der Waals surface area contributed by atoms with E-state index < -0.39 is 0 Å². The Labute approximate surface area is 189 Å². The van der Waals surface area contributed by atoms with Crippen LogP contribution >= 0.6 is 23.4 Å². The summed E-state index contributed by atoms with van der Waals surface area (Å²) >= 11 is 7.25. The molecule has 4 rings (SSSR count). The van der Waals surface area contributed by atoms with Crippen molar-refractivity contribution >= 4 is 46.0 Å². The first kappa shape index (κ1) is 21.2. The number of benzene rings is 2. The average molecular weight is 450 g/mol. The Kier molecular flexibility index (Phi) is 6.39. The fourth-order valence-electron chi connectivity index (χ4n) is 3.14. The summed E-state index contributed by atoms with van der Waals surface area (Å²) < 4.78 is 5.37. The molecule has 4 aromatic rings. The van der Waals surface area contributed by atoms with Gasteiger partial charge in [-0.15, -0.1) is 0 Å². The van der Waals surface area contributed by atoms with Crippen molar-refractivity contribution in [1.29, 1.82) is 0 Å². The number of ether oxygens (including phenoxy) is 1. The minimum Gasteiger partial charge on any atom is -0.497 e. The number of hydrogen-bond acceptors (Lipinski definition) is 5. The molecule has 7 heteroatoms. The molecule has 5 nitrogen and oxygen atoms in total. The molecule has 31 heavy (non-hydrogen) atoms. The molecule has 2 aromatic heterocycles. The van der Waals surface area contributed by atoms with Crippen molar-refractivity contribution < 1.29 is 9.53 Å². The second-order valence-electron chi connectivity index (χ2n) is 6.87. The Morgan fingerprint density at radius 3 is 2.61 bits per heavy atom. The molecule has 0 spiro atoms. The van der Waals surface area contributed by atoms with Crippen LogP contribution in [0.15, 0.2) is 78.0 Å². The van der Waals surface area contributed by atoms with E-state index in [9.17, 15) is 4.79 Å². The minimum atomic E-state index is -0.378. The van der Waals surface area contributed by atoms with E-state index in [-0.39, 0.29) is 11.2 Å². The fraction of sp³-hybridized carbons (Fsp3) is 0.125. The summed E-state index contributed by atoms with van der Waals surface area (Å²) in [6.07, 6.45) is 1.50. The maximum Gasteiger partial charge on any atom is 0.238 e. The van der Waals surface area contributed by atoms with Gasteiger partial charge in [-0.1, -0.05) is 53.7 Å². The molecule has 0 unspecified atom stereocenters. The molecule has 0 fully saturated rings. The number of hydrogen-bond donors (Lipinski definition) is 1. The van der Waals surface area contributed by atoms with Gasteiger partial charge in [0.2, 0.25) is 5.91 Å². The Balaban J connectivity index is 1.64. The molecule has 0 saturated heterocycles. The highest BCUT2D eigenvalue weighted by molar-refractivity contribution is 8.00. The maximum atomic E-state index is 12.7. The monoisotopic (exact) mass is 449 g/mol. The van der Waals surface area contributed by atoms with Crippen LogP contribution < -0.4 is 10.1 Å². The molecule has 0 aliphatic heterocycles. The van der Waals surface area contributed by atoms with Crippen LogP contribution in [-0.4, -0.2) is 28.2 Å². The van der Waals surface area contributed by atoms with Gasteiger partial charge >= 0.3 is 0 Å². The lowest BCUT2D eigenvalue weighted by molar-refractivity contribution is -0.115. The number of amides is 1. The quantitative estimate of drug-likeness (QED) is 0.361. The van der Waals surface area contributed by atoms with E-state index in [0.717, 1.165) is 32.8 Å². The van der Waals surface area contributed by atoms with Gasteiger partial charge in [-0.25, -0.2) is 9.97 Å². The number of nitrogens with zero attached hydrogens (tertiary/aromatic N) is 2. The molecule has 0 saturated carbocycles. The zero-order valence-corrected chi connectivity index (χ0v) is 18.6. The lowest BCUT2D eigenvalue weighted by Gasteiger charge is -2.14. The normalized spacial score (nSPS) is 11.8. The minimum absolute atomic E-state index is 0.159. The second kappa shape index (κ2) is 9.37.